The summed E-state index contributed by atoms with van der Waals surface area (Å²) in [6.07, 6.45) is 16.4. The smallest absolute Gasteiger partial charge is 0.330 e. The molecule has 1 aromatic carbocycles. The number of aromatic nitrogens is 2. The molecule has 0 unspecified atom stereocenters. The fourth-order valence-corrected chi connectivity index (χ4v) is 3.89. The highest BCUT2D eigenvalue weighted by atomic mass is 16.5. The lowest BCUT2D eigenvalue weighted by Gasteiger charge is -2.22. The predicted octanol–water partition coefficient (Wildman–Crippen LogP) is 6.05. The van der Waals surface area contributed by atoms with Crippen LogP contribution in [0.4, 0.5) is 0 Å². The topological polar surface area (TPSA) is 70.5 Å². The molecule has 0 spiro atoms. The van der Waals surface area contributed by atoms with Crippen molar-refractivity contribution in [2.24, 2.45) is 0 Å². The van der Waals surface area contributed by atoms with E-state index in [0.29, 0.717) is 37.5 Å². The summed E-state index contributed by atoms with van der Waals surface area (Å²) in [4.78, 5) is 19.8. The highest BCUT2D eigenvalue weighted by Crippen LogP contribution is 2.22. The average molecular weight is 453 g/mol. The Bertz CT molecular complexity index is 830. The minimum absolute atomic E-state index is 0.354. The Kier molecular flexibility index (Phi) is 10.9. The standard InChI is InChI=1S/C27H36N2O4/c1-2-26(30)32-18-10-5-3-4-9-17-31-25-19-28-27(29-20-25)23-15-13-22(14-16-23)21-33-24-11-7-6-8-12-24/h2,13-16,19-20,24H,1,3-12,17-18,21H2. The SMILES string of the molecule is C=CC(=O)OCCCCCCCOc1cnc(-c2ccc(COC3CCCCC3)cc2)nc1. The first kappa shape index (κ1) is 24.9. The van der Waals surface area contributed by atoms with Crippen LogP contribution in [0.1, 0.15) is 69.8 Å². The molecule has 1 saturated carbocycles. The summed E-state index contributed by atoms with van der Waals surface area (Å²) in [6.45, 7) is 5.15. The summed E-state index contributed by atoms with van der Waals surface area (Å²) in [6, 6.07) is 8.28. The van der Waals surface area contributed by atoms with Gasteiger partial charge in [0.2, 0.25) is 0 Å². The molecule has 1 aromatic heterocycles. The molecule has 1 heterocycles. The Balaban J connectivity index is 1.30. The van der Waals surface area contributed by atoms with Crippen LogP contribution in [0.3, 0.4) is 0 Å². The Morgan fingerprint density at radius 3 is 2.30 bits per heavy atom. The van der Waals surface area contributed by atoms with Crippen molar-refractivity contribution in [2.75, 3.05) is 13.2 Å². The zero-order valence-corrected chi connectivity index (χ0v) is 19.5. The van der Waals surface area contributed by atoms with E-state index < -0.39 is 0 Å². The Morgan fingerprint density at radius 2 is 1.61 bits per heavy atom. The number of carbonyl (C=O) groups is 1. The first-order valence-electron chi connectivity index (χ1n) is 12.2. The predicted molar refractivity (Wildman–Crippen MR) is 129 cm³/mol. The van der Waals surface area contributed by atoms with Crippen molar-refractivity contribution in [1.29, 1.82) is 0 Å². The van der Waals surface area contributed by atoms with Crippen LogP contribution in [0.2, 0.25) is 0 Å². The molecule has 178 valence electrons. The summed E-state index contributed by atoms with van der Waals surface area (Å²) in [5.41, 5.74) is 2.17. The second-order valence-corrected chi connectivity index (χ2v) is 8.50. The van der Waals surface area contributed by atoms with Gasteiger partial charge in [0.15, 0.2) is 11.6 Å². The molecule has 0 bridgehead atoms. The number of ether oxygens (including phenoxy) is 3. The van der Waals surface area contributed by atoms with Crippen molar-refractivity contribution >= 4 is 5.97 Å². The molecule has 3 rings (SSSR count). The quantitative estimate of drug-likeness (QED) is 0.197. The summed E-state index contributed by atoms with van der Waals surface area (Å²) in [5, 5.41) is 0. The van der Waals surface area contributed by atoms with E-state index in [0.717, 1.165) is 37.7 Å². The van der Waals surface area contributed by atoms with Crippen molar-refractivity contribution in [1.82, 2.24) is 9.97 Å². The molecule has 0 atom stereocenters. The number of benzene rings is 1. The van der Waals surface area contributed by atoms with Gasteiger partial charge in [-0.1, -0.05) is 69.4 Å². The van der Waals surface area contributed by atoms with Crippen LogP contribution in [0.25, 0.3) is 11.4 Å². The number of unbranched alkanes of at least 4 members (excludes halogenated alkanes) is 4. The monoisotopic (exact) mass is 452 g/mol. The van der Waals surface area contributed by atoms with Crippen molar-refractivity contribution in [3.8, 4) is 17.1 Å². The van der Waals surface area contributed by atoms with Gasteiger partial charge in [-0.05, 0) is 31.2 Å². The van der Waals surface area contributed by atoms with Crippen LogP contribution in [-0.2, 0) is 20.9 Å². The summed E-state index contributed by atoms with van der Waals surface area (Å²) in [5.74, 6) is 1.03. The first-order chi connectivity index (χ1) is 16.2. The van der Waals surface area contributed by atoms with E-state index in [4.69, 9.17) is 14.2 Å². The van der Waals surface area contributed by atoms with Gasteiger partial charge in [-0.25, -0.2) is 14.8 Å². The number of carbonyl (C=O) groups excluding carboxylic acids is 1. The zero-order chi connectivity index (χ0) is 23.1. The Morgan fingerprint density at radius 1 is 0.939 bits per heavy atom. The van der Waals surface area contributed by atoms with Gasteiger partial charge < -0.3 is 14.2 Å². The van der Waals surface area contributed by atoms with E-state index in [-0.39, 0.29) is 5.97 Å². The second kappa shape index (κ2) is 14.4. The minimum atomic E-state index is -0.354. The van der Waals surface area contributed by atoms with Gasteiger partial charge in [0.25, 0.3) is 0 Å². The highest BCUT2D eigenvalue weighted by Gasteiger charge is 2.13. The van der Waals surface area contributed by atoms with Crippen molar-refractivity contribution in [3.63, 3.8) is 0 Å². The van der Waals surface area contributed by atoms with Crippen LogP contribution < -0.4 is 4.74 Å². The van der Waals surface area contributed by atoms with Crippen LogP contribution in [0.5, 0.6) is 5.75 Å². The van der Waals surface area contributed by atoms with E-state index >= 15 is 0 Å². The first-order valence-corrected chi connectivity index (χ1v) is 12.2. The molecule has 1 fully saturated rings. The third-order valence-corrected chi connectivity index (χ3v) is 5.85. The highest BCUT2D eigenvalue weighted by molar-refractivity contribution is 5.81. The minimum Gasteiger partial charge on any atom is -0.490 e. The normalized spacial score (nSPS) is 14.1. The molecule has 2 aromatic rings. The van der Waals surface area contributed by atoms with E-state index in [2.05, 4.69) is 28.7 Å². The maximum atomic E-state index is 10.9. The van der Waals surface area contributed by atoms with Gasteiger partial charge in [0.05, 0.1) is 38.3 Å². The molecule has 0 N–H and O–H groups in total. The number of hydrogen-bond donors (Lipinski definition) is 0. The van der Waals surface area contributed by atoms with Gasteiger partial charge in [-0.3, -0.25) is 0 Å². The fourth-order valence-electron chi connectivity index (χ4n) is 3.89. The van der Waals surface area contributed by atoms with Gasteiger partial charge in [-0.15, -0.1) is 0 Å². The number of rotatable bonds is 14. The lowest BCUT2D eigenvalue weighted by atomic mass is 9.98. The van der Waals surface area contributed by atoms with E-state index in [1.54, 1.807) is 12.4 Å². The lowest BCUT2D eigenvalue weighted by Crippen LogP contribution is -2.16. The van der Waals surface area contributed by atoms with Gasteiger partial charge >= 0.3 is 5.97 Å². The number of nitrogens with zero attached hydrogens (tertiary/aromatic N) is 2. The molecule has 0 radical (unpaired) electrons. The van der Waals surface area contributed by atoms with Crippen LogP contribution in [-0.4, -0.2) is 35.3 Å². The van der Waals surface area contributed by atoms with Crippen LogP contribution >= 0.6 is 0 Å². The number of esters is 1. The fraction of sp³-hybridized carbons (Fsp3) is 0.519. The van der Waals surface area contributed by atoms with E-state index in [1.165, 1.54) is 43.7 Å². The number of hydrogen-bond acceptors (Lipinski definition) is 6. The van der Waals surface area contributed by atoms with Crippen molar-refractivity contribution < 1.29 is 19.0 Å². The molecule has 6 heteroatoms. The molecule has 1 aliphatic carbocycles. The Hall–Kier alpha value is -2.73. The molecular formula is C27H36N2O4. The second-order valence-electron chi connectivity index (χ2n) is 8.50. The summed E-state index contributed by atoms with van der Waals surface area (Å²) in [7, 11) is 0. The summed E-state index contributed by atoms with van der Waals surface area (Å²) >= 11 is 0. The molecule has 0 amide bonds. The molecular weight excluding hydrogens is 416 g/mol. The largest absolute Gasteiger partial charge is 0.490 e. The van der Waals surface area contributed by atoms with Gasteiger partial charge in [0.1, 0.15) is 0 Å². The third kappa shape index (κ3) is 9.34. The maximum absolute atomic E-state index is 10.9. The third-order valence-electron chi connectivity index (χ3n) is 5.85. The molecule has 1 aliphatic rings. The summed E-state index contributed by atoms with van der Waals surface area (Å²) < 4.78 is 16.8. The molecule has 33 heavy (non-hydrogen) atoms. The lowest BCUT2D eigenvalue weighted by molar-refractivity contribution is -0.137. The van der Waals surface area contributed by atoms with Crippen molar-refractivity contribution in [3.05, 3.63) is 54.9 Å². The maximum Gasteiger partial charge on any atom is 0.330 e. The van der Waals surface area contributed by atoms with Crippen LogP contribution in [0.15, 0.2) is 49.3 Å². The van der Waals surface area contributed by atoms with Gasteiger partial charge in [-0.2, -0.15) is 0 Å². The van der Waals surface area contributed by atoms with E-state index in [9.17, 15) is 4.79 Å². The molecule has 0 saturated heterocycles. The van der Waals surface area contributed by atoms with E-state index in [1.807, 2.05) is 12.1 Å². The van der Waals surface area contributed by atoms with Crippen LogP contribution in [0, 0.1) is 0 Å². The van der Waals surface area contributed by atoms with Crippen molar-refractivity contribution in [2.45, 2.75) is 76.9 Å². The molecule has 0 aliphatic heterocycles. The van der Waals surface area contributed by atoms with Gasteiger partial charge in [0, 0.05) is 11.6 Å². The Labute approximate surface area is 197 Å². The molecule has 6 nitrogen and oxygen atoms in total. The zero-order valence-electron chi connectivity index (χ0n) is 19.5. The average Bonchev–Trinajstić information content (AvgIpc) is 2.87.